The summed E-state index contributed by atoms with van der Waals surface area (Å²) in [5.74, 6) is 0. The van der Waals surface area contributed by atoms with Crippen LogP contribution in [-0.2, 0) is 10.0 Å². The number of nitrogen functional groups attached to an aromatic ring is 1. The Labute approximate surface area is 121 Å². The fraction of sp³-hybridized carbons (Fsp3) is 0.538. The highest BCUT2D eigenvalue weighted by Gasteiger charge is 2.12. The number of benzene rings is 1. The quantitative estimate of drug-likeness (QED) is 0.492. The molecule has 0 bridgehead atoms. The van der Waals surface area contributed by atoms with E-state index in [9.17, 15) is 8.42 Å². The van der Waals surface area contributed by atoms with E-state index in [2.05, 4.69) is 24.1 Å². The van der Waals surface area contributed by atoms with E-state index in [1.54, 1.807) is 12.1 Å². The van der Waals surface area contributed by atoms with Crippen LogP contribution in [0.3, 0.4) is 0 Å². The molecular formula is C13H24N4O2S. The fourth-order valence-corrected chi connectivity index (χ4v) is 2.64. The van der Waals surface area contributed by atoms with Gasteiger partial charge in [0.1, 0.15) is 4.90 Å². The Morgan fingerprint density at radius 2 is 1.90 bits per heavy atom. The third-order valence-corrected chi connectivity index (χ3v) is 4.18. The highest BCUT2D eigenvalue weighted by Crippen LogP contribution is 2.21. The lowest BCUT2D eigenvalue weighted by atomic mass is 10.2. The zero-order chi connectivity index (χ0) is 15.2. The standard InChI is InChI=1S/C13H24N4O2S/c1-3-17(4-2)9-5-8-16-11-6-7-13(12(14)10-11)20(15,18)19/h6-7,10,16H,3-5,8-9,14H2,1-2H3,(H2,15,18,19). The molecule has 0 aliphatic carbocycles. The van der Waals surface area contributed by atoms with Crippen LogP contribution in [0.2, 0.25) is 0 Å². The van der Waals surface area contributed by atoms with E-state index in [0.717, 1.165) is 38.3 Å². The highest BCUT2D eigenvalue weighted by atomic mass is 32.2. The van der Waals surface area contributed by atoms with Crippen LogP contribution in [0.5, 0.6) is 0 Å². The summed E-state index contributed by atoms with van der Waals surface area (Å²) < 4.78 is 22.5. The second kappa shape index (κ2) is 7.47. The van der Waals surface area contributed by atoms with Crippen molar-refractivity contribution in [3.8, 4) is 0 Å². The van der Waals surface area contributed by atoms with E-state index < -0.39 is 10.0 Å². The number of rotatable bonds is 8. The Morgan fingerprint density at radius 1 is 1.25 bits per heavy atom. The molecule has 1 aromatic carbocycles. The molecule has 0 amide bonds. The average Bonchev–Trinajstić information content (AvgIpc) is 2.37. The smallest absolute Gasteiger partial charge is 0.240 e. The van der Waals surface area contributed by atoms with Gasteiger partial charge < -0.3 is 16.0 Å². The summed E-state index contributed by atoms with van der Waals surface area (Å²) in [6, 6.07) is 4.70. The number of sulfonamides is 1. The van der Waals surface area contributed by atoms with Crippen molar-refractivity contribution < 1.29 is 8.42 Å². The minimum Gasteiger partial charge on any atom is -0.398 e. The summed E-state index contributed by atoms with van der Waals surface area (Å²) in [5, 5.41) is 8.28. The average molecular weight is 300 g/mol. The first-order valence-corrected chi connectivity index (χ1v) is 8.31. The molecule has 5 N–H and O–H groups in total. The maximum atomic E-state index is 11.2. The van der Waals surface area contributed by atoms with Crippen molar-refractivity contribution in [3.63, 3.8) is 0 Å². The van der Waals surface area contributed by atoms with Gasteiger partial charge in [0.2, 0.25) is 10.0 Å². The van der Waals surface area contributed by atoms with Crippen molar-refractivity contribution in [3.05, 3.63) is 18.2 Å². The summed E-state index contributed by atoms with van der Waals surface area (Å²) >= 11 is 0. The molecule has 1 aromatic rings. The van der Waals surface area contributed by atoms with E-state index >= 15 is 0 Å². The molecule has 0 heterocycles. The minimum atomic E-state index is -3.75. The van der Waals surface area contributed by atoms with Gasteiger partial charge in [0.15, 0.2) is 0 Å². The number of hydrogen-bond acceptors (Lipinski definition) is 5. The molecule has 0 aromatic heterocycles. The zero-order valence-corrected chi connectivity index (χ0v) is 12.9. The van der Waals surface area contributed by atoms with Gasteiger partial charge in [-0.2, -0.15) is 0 Å². The van der Waals surface area contributed by atoms with Crippen molar-refractivity contribution in [2.75, 3.05) is 37.2 Å². The van der Waals surface area contributed by atoms with E-state index in [4.69, 9.17) is 10.9 Å². The first kappa shape index (κ1) is 16.7. The Balaban J connectivity index is 2.52. The van der Waals surface area contributed by atoms with Crippen molar-refractivity contribution in [2.24, 2.45) is 5.14 Å². The summed E-state index contributed by atoms with van der Waals surface area (Å²) in [5.41, 5.74) is 6.66. The van der Waals surface area contributed by atoms with Crippen molar-refractivity contribution in [2.45, 2.75) is 25.2 Å². The summed E-state index contributed by atoms with van der Waals surface area (Å²) in [4.78, 5) is 2.31. The van der Waals surface area contributed by atoms with Gasteiger partial charge in [0.05, 0.1) is 5.69 Å². The molecule has 0 aliphatic rings. The molecule has 0 saturated carbocycles. The third kappa shape index (κ3) is 4.99. The molecule has 114 valence electrons. The van der Waals surface area contributed by atoms with Crippen LogP contribution < -0.4 is 16.2 Å². The number of nitrogens with two attached hydrogens (primary N) is 2. The molecule has 0 radical (unpaired) electrons. The molecule has 7 heteroatoms. The summed E-state index contributed by atoms with van der Waals surface area (Å²) in [6.07, 6.45) is 1.01. The minimum absolute atomic E-state index is 0.0359. The van der Waals surface area contributed by atoms with Gasteiger partial charge in [-0.05, 0) is 44.3 Å². The highest BCUT2D eigenvalue weighted by molar-refractivity contribution is 7.89. The lowest BCUT2D eigenvalue weighted by Gasteiger charge is -2.18. The summed E-state index contributed by atoms with van der Waals surface area (Å²) in [7, 11) is -3.75. The lowest BCUT2D eigenvalue weighted by molar-refractivity contribution is 0.303. The van der Waals surface area contributed by atoms with E-state index in [1.165, 1.54) is 6.07 Å². The second-order valence-corrected chi connectivity index (χ2v) is 6.13. The van der Waals surface area contributed by atoms with Crippen molar-refractivity contribution in [1.82, 2.24) is 4.90 Å². The van der Waals surface area contributed by atoms with Crippen molar-refractivity contribution in [1.29, 1.82) is 0 Å². The maximum absolute atomic E-state index is 11.2. The molecule has 6 nitrogen and oxygen atoms in total. The van der Waals surface area contributed by atoms with Crippen molar-refractivity contribution >= 4 is 21.4 Å². The van der Waals surface area contributed by atoms with Gasteiger partial charge in [0.25, 0.3) is 0 Å². The normalized spacial score (nSPS) is 11.8. The molecule has 0 saturated heterocycles. The second-order valence-electron chi connectivity index (χ2n) is 4.60. The SMILES string of the molecule is CCN(CC)CCCNc1ccc(S(N)(=O)=O)c(N)c1. The maximum Gasteiger partial charge on any atom is 0.240 e. The van der Waals surface area contributed by atoms with Gasteiger partial charge in [0, 0.05) is 12.2 Å². The van der Waals surface area contributed by atoms with Gasteiger partial charge >= 0.3 is 0 Å². The number of nitrogens with one attached hydrogen (secondary N) is 1. The number of hydrogen-bond donors (Lipinski definition) is 3. The molecule has 20 heavy (non-hydrogen) atoms. The summed E-state index contributed by atoms with van der Waals surface area (Å²) in [6.45, 7) is 8.22. The monoisotopic (exact) mass is 300 g/mol. The lowest BCUT2D eigenvalue weighted by Crippen LogP contribution is -2.25. The van der Waals surface area contributed by atoms with Gasteiger partial charge in [-0.3, -0.25) is 0 Å². The number of anilines is 2. The van der Waals surface area contributed by atoms with E-state index in [1.807, 2.05) is 0 Å². The van der Waals surface area contributed by atoms with Gasteiger partial charge in [-0.1, -0.05) is 13.8 Å². The number of primary sulfonamides is 1. The van der Waals surface area contributed by atoms with Crippen LogP contribution in [0.1, 0.15) is 20.3 Å². The Hall–Kier alpha value is -1.31. The van der Waals surface area contributed by atoms with Crippen LogP contribution in [0, 0.1) is 0 Å². The number of nitrogens with zero attached hydrogens (tertiary/aromatic N) is 1. The molecule has 0 atom stereocenters. The van der Waals surface area contributed by atoms with Crippen LogP contribution in [0.15, 0.2) is 23.1 Å². The Bertz CT molecular complexity index is 527. The van der Waals surface area contributed by atoms with Gasteiger partial charge in [-0.25, -0.2) is 13.6 Å². The van der Waals surface area contributed by atoms with Crippen LogP contribution in [0.4, 0.5) is 11.4 Å². The topological polar surface area (TPSA) is 101 Å². The first-order valence-electron chi connectivity index (χ1n) is 6.77. The molecule has 0 unspecified atom stereocenters. The molecule has 0 aliphatic heterocycles. The van der Waals surface area contributed by atoms with E-state index in [-0.39, 0.29) is 10.6 Å². The molecule has 0 fully saturated rings. The molecule has 1 rings (SSSR count). The van der Waals surface area contributed by atoms with Crippen LogP contribution in [0.25, 0.3) is 0 Å². The largest absolute Gasteiger partial charge is 0.398 e. The Morgan fingerprint density at radius 3 is 2.40 bits per heavy atom. The predicted octanol–water partition coefficient (Wildman–Crippen LogP) is 1.06. The third-order valence-electron chi connectivity index (χ3n) is 3.19. The predicted molar refractivity (Wildman–Crippen MR) is 83.1 cm³/mol. The van der Waals surface area contributed by atoms with Crippen LogP contribution >= 0.6 is 0 Å². The molecule has 0 spiro atoms. The molecular weight excluding hydrogens is 276 g/mol. The van der Waals surface area contributed by atoms with Gasteiger partial charge in [-0.15, -0.1) is 0 Å². The van der Waals surface area contributed by atoms with E-state index in [0.29, 0.717) is 0 Å². The zero-order valence-electron chi connectivity index (χ0n) is 12.1. The fourth-order valence-electron chi connectivity index (χ4n) is 1.99. The Kier molecular flexibility index (Phi) is 6.25. The van der Waals surface area contributed by atoms with Crippen LogP contribution in [-0.4, -0.2) is 39.5 Å². The first-order chi connectivity index (χ1) is 9.38.